The van der Waals surface area contributed by atoms with Crippen molar-refractivity contribution >= 4 is 33.2 Å². The summed E-state index contributed by atoms with van der Waals surface area (Å²) in [5.74, 6) is -1.01. The van der Waals surface area contributed by atoms with E-state index in [1.807, 2.05) is 30.3 Å². The molecule has 0 aliphatic carbocycles. The number of aryl methyl sites for hydroxylation is 1. The van der Waals surface area contributed by atoms with E-state index >= 15 is 0 Å². The predicted octanol–water partition coefficient (Wildman–Crippen LogP) is 3.87. The van der Waals surface area contributed by atoms with Crippen LogP contribution < -0.4 is 5.73 Å². The number of amides is 2. The largest absolute Gasteiger partial charge is 0.370 e. The Hall–Kier alpha value is -2.73. The number of nitrogens with two attached hydrogens (primary N) is 1. The van der Waals surface area contributed by atoms with Crippen LogP contribution in [0.25, 0.3) is 10.1 Å². The minimum absolute atomic E-state index is 0.0802. The Kier molecular flexibility index (Phi) is 5.32. The molecule has 26 heavy (non-hydrogen) atoms. The van der Waals surface area contributed by atoms with Gasteiger partial charge in [-0.2, -0.15) is 0 Å². The average molecular weight is 370 g/mol. The van der Waals surface area contributed by atoms with Gasteiger partial charge in [-0.3, -0.25) is 9.59 Å². The van der Waals surface area contributed by atoms with Crippen LogP contribution in [0, 0.1) is 12.7 Å². The Morgan fingerprint density at radius 1 is 1.12 bits per heavy atom. The van der Waals surface area contributed by atoms with Gasteiger partial charge in [0.1, 0.15) is 5.82 Å². The van der Waals surface area contributed by atoms with Crippen LogP contribution in [0.15, 0.2) is 48.5 Å². The van der Waals surface area contributed by atoms with Crippen LogP contribution in [-0.4, -0.2) is 23.3 Å². The minimum atomic E-state index is -0.463. The number of nitrogens with zero attached hydrogens (tertiary/aromatic N) is 1. The molecule has 1 aromatic heterocycles. The molecule has 2 amide bonds. The molecule has 1 heterocycles. The molecule has 0 aliphatic heterocycles. The zero-order valence-corrected chi connectivity index (χ0v) is 15.2. The molecule has 0 fully saturated rings. The Labute approximate surface area is 155 Å². The van der Waals surface area contributed by atoms with Crippen LogP contribution in [0.1, 0.15) is 27.2 Å². The molecule has 3 rings (SSSR count). The molecule has 134 valence electrons. The van der Waals surface area contributed by atoms with Crippen molar-refractivity contribution in [1.29, 1.82) is 0 Å². The maximum absolute atomic E-state index is 14.1. The van der Waals surface area contributed by atoms with Gasteiger partial charge in [-0.1, -0.05) is 36.4 Å². The second-order valence-corrected chi connectivity index (χ2v) is 7.15. The van der Waals surface area contributed by atoms with Gasteiger partial charge < -0.3 is 10.6 Å². The number of thiophene rings is 1. The van der Waals surface area contributed by atoms with E-state index in [1.165, 1.54) is 17.4 Å². The van der Waals surface area contributed by atoms with Crippen molar-refractivity contribution in [3.63, 3.8) is 0 Å². The highest BCUT2D eigenvalue weighted by Crippen LogP contribution is 2.33. The number of hydrogen-bond acceptors (Lipinski definition) is 3. The third-order valence-corrected chi connectivity index (χ3v) is 5.47. The van der Waals surface area contributed by atoms with Crippen molar-refractivity contribution in [3.8, 4) is 0 Å². The molecule has 0 atom stereocenters. The summed E-state index contributed by atoms with van der Waals surface area (Å²) in [6, 6.07) is 14.4. The first-order valence-electron chi connectivity index (χ1n) is 8.26. The molecule has 0 unspecified atom stereocenters. The second kappa shape index (κ2) is 7.66. The number of hydrogen-bond donors (Lipinski definition) is 1. The summed E-state index contributed by atoms with van der Waals surface area (Å²) < 4.78 is 14.9. The van der Waals surface area contributed by atoms with Gasteiger partial charge in [0.25, 0.3) is 5.91 Å². The molecule has 0 spiro atoms. The Balaban J connectivity index is 1.95. The van der Waals surface area contributed by atoms with Crippen molar-refractivity contribution < 1.29 is 14.0 Å². The lowest BCUT2D eigenvalue weighted by Crippen LogP contribution is -2.33. The minimum Gasteiger partial charge on any atom is -0.370 e. The van der Waals surface area contributed by atoms with Gasteiger partial charge in [-0.25, -0.2) is 4.39 Å². The van der Waals surface area contributed by atoms with E-state index in [-0.39, 0.29) is 24.7 Å². The highest BCUT2D eigenvalue weighted by molar-refractivity contribution is 7.21. The summed E-state index contributed by atoms with van der Waals surface area (Å²) in [5.41, 5.74) is 6.84. The first-order chi connectivity index (χ1) is 12.5. The first kappa shape index (κ1) is 18.1. The number of carbonyl (C=O) groups excluding carboxylic acids is 2. The maximum Gasteiger partial charge on any atom is 0.264 e. The molecule has 0 saturated heterocycles. The van der Waals surface area contributed by atoms with Crippen molar-refractivity contribution in [2.24, 2.45) is 5.73 Å². The highest BCUT2D eigenvalue weighted by atomic mass is 32.1. The molecular weight excluding hydrogens is 351 g/mol. The monoisotopic (exact) mass is 370 g/mol. The summed E-state index contributed by atoms with van der Waals surface area (Å²) in [7, 11) is 0. The number of rotatable bonds is 6. The van der Waals surface area contributed by atoms with Crippen molar-refractivity contribution in [1.82, 2.24) is 4.90 Å². The van der Waals surface area contributed by atoms with E-state index < -0.39 is 5.91 Å². The Bertz CT molecular complexity index is 953. The lowest BCUT2D eigenvalue weighted by Gasteiger charge is -2.22. The van der Waals surface area contributed by atoms with Gasteiger partial charge >= 0.3 is 0 Å². The fraction of sp³-hybridized carbons (Fsp3) is 0.200. The smallest absolute Gasteiger partial charge is 0.264 e. The molecule has 0 bridgehead atoms. The van der Waals surface area contributed by atoms with Gasteiger partial charge in [-0.05, 0) is 30.2 Å². The number of fused-ring (bicyclic) bond motifs is 1. The molecule has 2 aromatic carbocycles. The van der Waals surface area contributed by atoms with Crippen LogP contribution in [0.5, 0.6) is 0 Å². The first-order valence-corrected chi connectivity index (χ1v) is 9.08. The lowest BCUT2D eigenvalue weighted by atomic mass is 10.1. The van der Waals surface area contributed by atoms with Crippen molar-refractivity contribution in [2.75, 3.05) is 6.54 Å². The van der Waals surface area contributed by atoms with Gasteiger partial charge in [0, 0.05) is 29.6 Å². The number of carbonyl (C=O) groups is 2. The molecule has 0 radical (unpaired) electrons. The van der Waals surface area contributed by atoms with Crippen molar-refractivity contribution in [2.45, 2.75) is 19.9 Å². The zero-order chi connectivity index (χ0) is 18.7. The fourth-order valence-electron chi connectivity index (χ4n) is 2.90. The van der Waals surface area contributed by atoms with E-state index in [9.17, 15) is 14.0 Å². The molecule has 2 N–H and O–H groups in total. The van der Waals surface area contributed by atoms with Gasteiger partial charge in [0.2, 0.25) is 5.91 Å². The number of halogens is 1. The van der Waals surface area contributed by atoms with E-state index in [2.05, 4.69) is 0 Å². The van der Waals surface area contributed by atoms with Crippen LogP contribution in [0.3, 0.4) is 0 Å². The normalized spacial score (nSPS) is 10.8. The fourth-order valence-corrected chi connectivity index (χ4v) is 4.09. The highest BCUT2D eigenvalue weighted by Gasteiger charge is 2.23. The quantitative estimate of drug-likeness (QED) is 0.716. The molecule has 0 saturated carbocycles. The van der Waals surface area contributed by atoms with E-state index in [4.69, 9.17) is 5.73 Å². The summed E-state index contributed by atoms with van der Waals surface area (Å²) in [5, 5.41) is 0.482. The molecule has 4 nitrogen and oxygen atoms in total. The molecule has 0 aliphatic rings. The second-order valence-electron chi connectivity index (χ2n) is 6.10. The number of primary amides is 1. The standard InChI is InChI=1S/C20H19FN2O2S/c1-13-18-15(21)8-5-9-16(18)26-19(13)20(25)23(11-10-17(22)24)12-14-6-3-2-4-7-14/h2-9H,10-12H2,1H3,(H2,22,24). The van der Waals surface area contributed by atoms with Crippen LogP contribution >= 0.6 is 11.3 Å². The lowest BCUT2D eigenvalue weighted by molar-refractivity contribution is -0.118. The van der Waals surface area contributed by atoms with Crippen molar-refractivity contribution in [3.05, 3.63) is 70.4 Å². The van der Waals surface area contributed by atoms with Crippen LogP contribution in [0.4, 0.5) is 4.39 Å². The molecule has 6 heteroatoms. The maximum atomic E-state index is 14.1. The summed E-state index contributed by atoms with van der Waals surface area (Å²) >= 11 is 1.27. The van der Waals surface area contributed by atoms with Gasteiger partial charge in [0.05, 0.1) is 4.88 Å². The van der Waals surface area contributed by atoms with Crippen LogP contribution in [0.2, 0.25) is 0 Å². The Morgan fingerprint density at radius 2 is 1.85 bits per heavy atom. The van der Waals surface area contributed by atoms with Gasteiger partial charge in [0.15, 0.2) is 0 Å². The Morgan fingerprint density at radius 3 is 2.50 bits per heavy atom. The topological polar surface area (TPSA) is 63.4 Å². The van der Waals surface area contributed by atoms with E-state index in [0.717, 1.165) is 10.3 Å². The average Bonchev–Trinajstić information content (AvgIpc) is 2.97. The third kappa shape index (κ3) is 3.75. The third-order valence-electron chi connectivity index (χ3n) is 4.23. The predicted molar refractivity (Wildman–Crippen MR) is 102 cm³/mol. The van der Waals surface area contributed by atoms with Crippen LogP contribution in [-0.2, 0) is 11.3 Å². The summed E-state index contributed by atoms with van der Waals surface area (Å²) in [6.45, 7) is 2.34. The SMILES string of the molecule is Cc1c(C(=O)N(CCC(N)=O)Cc2ccccc2)sc2cccc(F)c12. The molecular formula is C20H19FN2O2S. The number of benzene rings is 2. The van der Waals surface area contributed by atoms with E-state index in [0.29, 0.717) is 22.4 Å². The van der Waals surface area contributed by atoms with E-state index in [1.54, 1.807) is 24.0 Å². The zero-order valence-electron chi connectivity index (χ0n) is 14.4. The summed E-state index contributed by atoms with van der Waals surface area (Å²) in [6.07, 6.45) is 0.0802. The summed E-state index contributed by atoms with van der Waals surface area (Å²) in [4.78, 5) is 26.4. The van der Waals surface area contributed by atoms with Gasteiger partial charge in [-0.15, -0.1) is 11.3 Å². The molecule has 3 aromatic rings.